The summed E-state index contributed by atoms with van der Waals surface area (Å²) >= 11 is 0. The van der Waals surface area contributed by atoms with Gasteiger partial charge in [-0.25, -0.2) is 0 Å². The molecule has 98 valence electrons. The lowest BCUT2D eigenvalue weighted by atomic mass is 10.0. The van der Waals surface area contributed by atoms with Crippen LogP contribution >= 0.6 is 0 Å². The molecule has 2 rings (SSSR count). The lowest BCUT2D eigenvalue weighted by Crippen LogP contribution is -2.34. The largest absolute Gasteiger partial charge is 0.494 e. The van der Waals surface area contributed by atoms with E-state index in [2.05, 4.69) is 41.4 Å². The minimum absolute atomic E-state index is 0.197. The van der Waals surface area contributed by atoms with E-state index in [4.69, 9.17) is 4.74 Å². The van der Waals surface area contributed by atoms with Gasteiger partial charge in [-0.05, 0) is 38.7 Å². The molecule has 0 saturated carbocycles. The molecule has 0 aromatic heterocycles. The van der Waals surface area contributed by atoms with Gasteiger partial charge < -0.3 is 10.1 Å². The Morgan fingerprint density at radius 2 is 2.06 bits per heavy atom. The van der Waals surface area contributed by atoms with Crippen molar-refractivity contribution in [3.8, 4) is 5.75 Å². The van der Waals surface area contributed by atoms with Crippen molar-refractivity contribution < 1.29 is 4.74 Å². The average Bonchev–Trinajstić information content (AvgIpc) is 2.85. The van der Waals surface area contributed by atoms with Crippen molar-refractivity contribution >= 4 is 5.84 Å². The smallest absolute Gasteiger partial charge is 0.119 e. The van der Waals surface area contributed by atoms with Crippen LogP contribution in [0.5, 0.6) is 5.75 Å². The summed E-state index contributed by atoms with van der Waals surface area (Å²) in [5.74, 6) is 1.98. The fourth-order valence-corrected chi connectivity index (χ4v) is 2.21. The molecule has 0 aliphatic carbocycles. The summed E-state index contributed by atoms with van der Waals surface area (Å²) < 4.78 is 5.47. The molecule has 4 nitrogen and oxygen atoms in total. The first-order chi connectivity index (χ1) is 8.72. The molecular formula is C14H21N3O. The van der Waals surface area contributed by atoms with Crippen LogP contribution in [0.25, 0.3) is 0 Å². The van der Waals surface area contributed by atoms with E-state index >= 15 is 0 Å². The zero-order valence-corrected chi connectivity index (χ0v) is 11.3. The third kappa shape index (κ3) is 2.82. The molecule has 4 heteroatoms. The second-order valence-electron chi connectivity index (χ2n) is 4.56. The van der Waals surface area contributed by atoms with E-state index in [-0.39, 0.29) is 6.04 Å². The normalized spacial score (nSPS) is 16.3. The van der Waals surface area contributed by atoms with Crippen molar-refractivity contribution in [3.63, 3.8) is 0 Å². The third-order valence-corrected chi connectivity index (χ3v) is 2.98. The molecule has 0 fully saturated rings. The first-order valence-electron chi connectivity index (χ1n) is 6.39. The Morgan fingerprint density at radius 3 is 2.56 bits per heavy atom. The van der Waals surface area contributed by atoms with Gasteiger partial charge in [-0.1, -0.05) is 12.1 Å². The van der Waals surface area contributed by atoms with Gasteiger partial charge in [0.15, 0.2) is 0 Å². The Balaban J connectivity index is 2.20. The van der Waals surface area contributed by atoms with Gasteiger partial charge in [0.25, 0.3) is 0 Å². The van der Waals surface area contributed by atoms with Crippen LogP contribution < -0.4 is 10.1 Å². The summed E-state index contributed by atoms with van der Waals surface area (Å²) in [5, 5.41) is 3.35. The van der Waals surface area contributed by atoms with Crippen molar-refractivity contribution in [3.05, 3.63) is 29.8 Å². The maximum Gasteiger partial charge on any atom is 0.119 e. The minimum Gasteiger partial charge on any atom is -0.494 e. The Bertz CT molecular complexity index is 412. The van der Waals surface area contributed by atoms with Gasteiger partial charge in [0, 0.05) is 6.54 Å². The lowest BCUT2D eigenvalue weighted by molar-refractivity contribution is 0.339. The van der Waals surface area contributed by atoms with E-state index in [1.54, 1.807) is 0 Å². The predicted molar refractivity (Wildman–Crippen MR) is 74.3 cm³/mol. The number of aliphatic imine (C=N–C) groups is 1. The van der Waals surface area contributed by atoms with Crippen LogP contribution in [0.2, 0.25) is 0 Å². The summed E-state index contributed by atoms with van der Waals surface area (Å²) in [5.41, 5.74) is 1.23. The molecule has 1 atom stereocenters. The second-order valence-corrected chi connectivity index (χ2v) is 4.56. The van der Waals surface area contributed by atoms with E-state index in [1.165, 1.54) is 5.56 Å². The fraction of sp³-hybridized carbons (Fsp3) is 0.500. The fourth-order valence-electron chi connectivity index (χ4n) is 2.21. The van der Waals surface area contributed by atoms with E-state index in [9.17, 15) is 0 Å². The molecule has 1 aliphatic rings. The highest BCUT2D eigenvalue weighted by atomic mass is 16.5. The molecular weight excluding hydrogens is 226 g/mol. The average molecular weight is 247 g/mol. The minimum atomic E-state index is 0.197. The number of nitrogens with zero attached hydrogens (tertiary/aromatic N) is 2. The van der Waals surface area contributed by atoms with Crippen LogP contribution in [0.1, 0.15) is 18.5 Å². The van der Waals surface area contributed by atoms with Gasteiger partial charge in [0.05, 0.1) is 19.2 Å². The second kappa shape index (κ2) is 5.87. The number of hydrogen-bond donors (Lipinski definition) is 1. The van der Waals surface area contributed by atoms with Crippen LogP contribution in [0.4, 0.5) is 0 Å². The summed E-state index contributed by atoms with van der Waals surface area (Å²) in [4.78, 5) is 6.70. The highest BCUT2D eigenvalue weighted by molar-refractivity contribution is 5.89. The van der Waals surface area contributed by atoms with Crippen LogP contribution in [0.15, 0.2) is 29.3 Å². The van der Waals surface area contributed by atoms with Gasteiger partial charge in [-0.3, -0.25) is 9.89 Å². The topological polar surface area (TPSA) is 36.9 Å². The highest BCUT2D eigenvalue weighted by Gasteiger charge is 2.22. The first-order valence-corrected chi connectivity index (χ1v) is 6.39. The molecule has 18 heavy (non-hydrogen) atoms. The highest BCUT2D eigenvalue weighted by Crippen LogP contribution is 2.23. The van der Waals surface area contributed by atoms with Crippen LogP contribution in [-0.4, -0.2) is 44.5 Å². The van der Waals surface area contributed by atoms with E-state index in [0.717, 1.165) is 24.7 Å². The van der Waals surface area contributed by atoms with Gasteiger partial charge in [0.1, 0.15) is 11.6 Å². The molecule has 0 radical (unpaired) electrons. The molecule has 1 aliphatic heterocycles. The number of nitrogens with one attached hydrogen (secondary N) is 1. The first kappa shape index (κ1) is 12.9. The summed E-state index contributed by atoms with van der Waals surface area (Å²) in [6, 6.07) is 8.45. The Morgan fingerprint density at radius 1 is 1.33 bits per heavy atom. The van der Waals surface area contributed by atoms with Crippen molar-refractivity contribution in [2.24, 2.45) is 4.99 Å². The number of amidine groups is 1. The third-order valence-electron chi connectivity index (χ3n) is 2.98. The Labute approximate surface area is 109 Å². The number of likely N-dealkylation sites (N-methyl/N-ethyl adjacent to an activating group) is 1. The van der Waals surface area contributed by atoms with E-state index in [0.29, 0.717) is 6.61 Å². The van der Waals surface area contributed by atoms with Gasteiger partial charge >= 0.3 is 0 Å². The van der Waals surface area contributed by atoms with Crippen LogP contribution in [0, 0.1) is 0 Å². The van der Waals surface area contributed by atoms with E-state index < -0.39 is 0 Å². The van der Waals surface area contributed by atoms with Crippen molar-refractivity contribution in [2.45, 2.75) is 13.0 Å². The zero-order chi connectivity index (χ0) is 13.0. The Hall–Kier alpha value is -1.55. The molecule has 0 saturated heterocycles. The summed E-state index contributed by atoms with van der Waals surface area (Å²) in [6.07, 6.45) is 0. The molecule has 1 N–H and O–H groups in total. The van der Waals surface area contributed by atoms with Crippen LogP contribution in [0.3, 0.4) is 0 Å². The zero-order valence-electron chi connectivity index (χ0n) is 11.3. The summed E-state index contributed by atoms with van der Waals surface area (Å²) in [6.45, 7) is 4.51. The number of hydrogen-bond acceptors (Lipinski definition) is 4. The van der Waals surface area contributed by atoms with Gasteiger partial charge in [-0.2, -0.15) is 0 Å². The predicted octanol–water partition coefficient (Wildman–Crippen LogP) is 1.69. The van der Waals surface area contributed by atoms with Crippen molar-refractivity contribution in [2.75, 3.05) is 33.8 Å². The molecule has 1 aromatic rings. The molecule has 0 amide bonds. The molecule has 0 bridgehead atoms. The van der Waals surface area contributed by atoms with Crippen LogP contribution in [-0.2, 0) is 0 Å². The lowest BCUT2D eigenvalue weighted by Gasteiger charge is -2.25. The number of ether oxygens (including phenoxy) is 1. The standard InChI is InChI=1S/C14H21N3O/c1-4-18-12-7-5-11(6-8-12)13(17(2)3)14-15-9-10-16-14/h5-8,13H,4,9-10H2,1-3H3,(H,15,16). The van der Waals surface area contributed by atoms with E-state index in [1.807, 2.05) is 19.1 Å². The SMILES string of the molecule is CCOc1ccc(C(C2=NCCN2)N(C)C)cc1. The maximum atomic E-state index is 5.47. The molecule has 1 heterocycles. The Kier molecular flexibility index (Phi) is 4.20. The molecule has 1 unspecified atom stereocenters. The van der Waals surface area contributed by atoms with Gasteiger partial charge in [0.2, 0.25) is 0 Å². The molecule has 0 spiro atoms. The van der Waals surface area contributed by atoms with Gasteiger partial charge in [-0.15, -0.1) is 0 Å². The summed E-state index contributed by atoms with van der Waals surface area (Å²) in [7, 11) is 4.15. The molecule has 1 aromatic carbocycles. The quantitative estimate of drug-likeness (QED) is 0.860. The number of benzene rings is 1. The van der Waals surface area contributed by atoms with Crippen molar-refractivity contribution in [1.29, 1.82) is 0 Å². The monoisotopic (exact) mass is 247 g/mol. The van der Waals surface area contributed by atoms with Crippen molar-refractivity contribution in [1.82, 2.24) is 10.2 Å². The maximum absolute atomic E-state index is 5.47. The number of rotatable bonds is 5.